The minimum atomic E-state index is -0.0963. The first-order chi connectivity index (χ1) is 12.3. The van der Waals surface area contributed by atoms with Gasteiger partial charge in [-0.05, 0) is 36.6 Å². The first-order valence-corrected chi connectivity index (χ1v) is 10.2. The maximum atomic E-state index is 13.1. The van der Waals surface area contributed by atoms with Gasteiger partial charge in [-0.2, -0.15) is 0 Å². The van der Waals surface area contributed by atoms with Crippen LogP contribution in [0.1, 0.15) is 0 Å². The summed E-state index contributed by atoms with van der Waals surface area (Å²) in [6.45, 7) is 0. The molecule has 2 unspecified atom stereocenters. The average molecular weight is 367 g/mol. The maximum absolute atomic E-state index is 13.1. The third-order valence-electron chi connectivity index (χ3n) is 4.28. The van der Waals surface area contributed by atoms with Crippen molar-refractivity contribution in [1.82, 2.24) is 0 Å². The molecule has 126 valence electrons. The number of nitrogens with zero attached hydrogens (tertiary/aromatic N) is 1. The molecule has 2 atom stereocenters. The van der Waals surface area contributed by atoms with Crippen LogP contribution in [0.3, 0.4) is 0 Å². The van der Waals surface area contributed by atoms with Gasteiger partial charge in [-0.15, -0.1) is 23.5 Å². The molecule has 2 amide bonds. The smallest absolute Gasteiger partial charge is 0.307 e. The van der Waals surface area contributed by atoms with Crippen LogP contribution in [0.25, 0.3) is 0 Å². The number of hydrogen-bond donors (Lipinski definition) is 1. The lowest BCUT2D eigenvalue weighted by molar-refractivity contribution is 0.255. The molecule has 0 radical (unpaired) electrons. The molecule has 3 nitrogen and oxygen atoms in total. The van der Waals surface area contributed by atoms with Crippen LogP contribution in [0.4, 0.5) is 16.2 Å². The Morgan fingerprint density at radius 2 is 1.96 bits per heavy atom. The fraction of sp³-hybridized carbons (Fsp3) is 0.150. The van der Waals surface area contributed by atoms with Crippen LogP contribution < -0.4 is 10.2 Å². The minimum absolute atomic E-state index is 0.0219. The number of thioether (sulfide) groups is 2. The summed E-state index contributed by atoms with van der Waals surface area (Å²) in [7, 11) is 0. The first-order valence-electron chi connectivity index (χ1n) is 8.11. The van der Waals surface area contributed by atoms with E-state index in [0.29, 0.717) is 0 Å². The normalized spacial score (nSPS) is 20.8. The van der Waals surface area contributed by atoms with Crippen LogP contribution in [0, 0.1) is 0 Å². The van der Waals surface area contributed by atoms with Crippen LogP contribution in [0.5, 0.6) is 0 Å². The number of urea groups is 1. The quantitative estimate of drug-likeness (QED) is 0.721. The highest BCUT2D eigenvalue weighted by molar-refractivity contribution is 8.00. The van der Waals surface area contributed by atoms with Gasteiger partial charge in [0.05, 0.1) is 17.0 Å². The Morgan fingerprint density at radius 3 is 2.84 bits per heavy atom. The van der Waals surface area contributed by atoms with Crippen molar-refractivity contribution in [1.29, 1.82) is 0 Å². The molecule has 1 heterocycles. The summed E-state index contributed by atoms with van der Waals surface area (Å²) < 4.78 is 0. The third kappa shape index (κ3) is 3.22. The van der Waals surface area contributed by atoms with Crippen LogP contribution >= 0.6 is 23.5 Å². The van der Waals surface area contributed by atoms with Crippen LogP contribution in [-0.4, -0.2) is 23.6 Å². The number of rotatable bonds is 2. The van der Waals surface area contributed by atoms with Crippen molar-refractivity contribution >= 4 is 40.9 Å². The molecule has 0 fully saturated rings. The zero-order valence-corrected chi connectivity index (χ0v) is 15.4. The summed E-state index contributed by atoms with van der Waals surface area (Å²) in [4.78, 5) is 17.3. The predicted octanol–water partition coefficient (Wildman–Crippen LogP) is 5.42. The third-order valence-corrected chi connectivity index (χ3v) is 6.32. The van der Waals surface area contributed by atoms with Gasteiger partial charge in [-0.3, -0.25) is 4.90 Å². The number of nitrogens with one attached hydrogen (secondary N) is 1. The van der Waals surface area contributed by atoms with E-state index in [4.69, 9.17) is 0 Å². The van der Waals surface area contributed by atoms with Gasteiger partial charge in [0.25, 0.3) is 0 Å². The van der Waals surface area contributed by atoms with E-state index >= 15 is 0 Å². The maximum Gasteiger partial charge on any atom is 0.326 e. The van der Waals surface area contributed by atoms with Gasteiger partial charge in [-0.25, -0.2) is 4.79 Å². The van der Waals surface area contributed by atoms with Gasteiger partial charge >= 0.3 is 6.03 Å². The summed E-state index contributed by atoms with van der Waals surface area (Å²) >= 11 is 3.48. The van der Waals surface area contributed by atoms with E-state index < -0.39 is 0 Å². The predicted molar refractivity (Wildman–Crippen MR) is 108 cm³/mol. The summed E-state index contributed by atoms with van der Waals surface area (Å²) in [5, 5.41) is 3.31. The van der Waals surface area contributed by atoms with Crippen molar-refractivity contribution < 1.29 is 4.79 Å². The Morgan fingerprint density at radius 1 is 1.12 bits per heavy atom. The Labute approximate surface area is 156 Å². The molecule has 0 saturated carbocycles. The second kappa shape index (κ2) is 7.02. The van der Waals surface area contributed by atoms with Gasteiger partial charge in [0, 0.05) is 15.5 Å². The van der Waals surface area contributed by atoms with Crippen molar-refractivity contribution in [3.05, 3.63) is 72.8 Å². The molecule has 0 bridgehead atoms. The zero-order valence-electron chi connectivity index (χ0n) is 13.8. The largest absolute Gasteiger partial charge is 0.326 e. The van der Waals surface area contributed by atoms with E-state index in [2.05, 4.69) is 29.6 Å². The van der Waals surface area contributed by atoms with Gasteiger partial charge < -0.3 is 5.32 Å². The van der Waals surface area contributed by atoms with Crippen molar-refractivity contribution in [3.8, 4) is 0 Å². The lowest BCUT2D eigenvalue weighted by Crippen LogP contribution is -2.49. The van der Waals surface area contributed by atoms with E-state index in [9.17, 15) is 4.79 Å². The van der Waals surface area contributed by atoms with Crippen molar-refractivity contribution in [3.63, 3.8) is 0 Å². The van der Waals surface area contributed by atoms with E-state index in [-0.39, 0.29) is 17.3 Å². The molecule has 2 aliphatic rings. The standard InChI is InChI=1S/C20H18N2OS2/c1-24-15-8-6-7-14(13-15)21-20(23)22-16-9-2-4-11-18(16)25-19-12-5-3-10-17(19)22/h2-13,16,18H,1H3,(H,21,23). The topological polar surface area (TPSA) is 32.3 Å². The van der Waals surface area contributed by atoms with Gasteiger partial charge in [-0.1, -0.05) is 42.5 Å². The van der Waals surface area contributed by atoms with Crippen LogP contribution in [0.15, 0.2) is 82.6 Å². The second-order valence-corrected chi connectivity index (χ2v) is 7.94. The summed E-state index contributed by atoms with van der Waals surface area (Å²) in [6, 6.07) is 16.0. The SMILES string of the molecule is CSc1cccc(NC(=O)N2c3ccccc3SC3C=CC=CC32)c1. The molecule has 1 aliphatic carbocycles. The molecule has 2 aromatic rings. The molecule has 1 aliphatic heterocycles. The van der Waals surface area contributed by atoms with Crippen LogP contribution in [0.2, 0.25) is 0 Å². The molecule has 4 rings (SSSR count). The molecule has 2 aromatic carbocycles. The fourth-order valence-corrected chi connectivity index (χ4v) is 4.83. The molecular formula is C20H18N2OS2. The number of allylic oxidation sites excluding steroid dienone is 2. The number of hydrogen-bond acceptors (Lipinski definition) is 3. The lowest BCUT2D eigenvalue weighted by Gasteiger charge is -2.40. The molecule has 1 N–H and O–H groups in total. The first kappa shape index (κ1) is 16.4. The van der Waals surface area contributed by atoms with Gasteiger partial charge in [0.15, 0.2) is 0 Å². The Kier molecular flexibility index (Phi) is 4.59. The number of anilines is 2. The lowest BCUT2D eigenvalue weighted by atomic mass is 10.1. The number of fused-ring (bicyclic) bond motifs is 2. The zero-order chi connectivity index (χ0) is 17.2. The minimum Gasteiger partial charge on any atom is -0.307 e. The molecular weight excluding hydrogens is 348 g/mol. The summed E-state index contributed by atoms with van der Waals surface area (Å²) in [5.74, 6) is 0. The Bertz CT molecular complexity index is 862. The van der Waals surface area contributed by atoms with E-state index in [1.807, 2.05) is 71.5 Å². The molecule has 5 heteroatoms. The summed E-state index contributed by atoms with van der Waals surface area (Å²) in [5.41, 5.74) is 1.78. The molecule has 0 saturated heterocycles. The number of amides is 2. The average Bonchev–Trinajstić information content (AvgIpc) is 2.66. The number of benzene rings is 2. The van der Waals surface area contributed by atoms with E-state index in [1.165, 1.54) is 0 Å². The highest BCUT2D eigenvalue weighted by atomic mass is 32.2. The van der Waals surface area contributed by atoms with Crippen LogP contribution in [-0.2, 0) is 0 Å². The highest BCUT2D eigenvalue weighted by Crippen LogP contribution is 2.43. The fourth-order valence-electron chi connectivity index (χ4n) is 3.11. The van der Waals surface area contributed by atoms with Crippen molar-refractivity contribution in [2.24, 2.45) is 0 Å². The Hall–Kier alpha value is -2.11. The van der Waals surface area contributed by atoms with E-state index in [0.717, 1.165) is 21.2 Å². The monoisotopic (exact) mass is 366 g/mol. The number of para-hydroxylation sites is 1. The van der Waals surface area contributed by atoms with Crippen molar-refractivity contribution in [2.45, 2.75) is 21.1 Å². The molecule has 0 spiro atoms. The number of carbonyl (C=O) groups excluding carboxylic acids is 1. The number of carbonyl (C=O) groups is 1. The second-order valence-electron chi connectivity index (χ2n) is 5.84. The Balaban J connectivity index is 1.67. The molecule has 0 aromatic heterocycles. The summed E-state index contributed by atoms with van der Waals surface area (Å²) in [6.07, 6.45) is 10.4. The molecule has 25 heavy (non-hydrogen) atoms. The van der Waals surface area contributed by atoms with E-state index in [1.54, 1.807) is 11.8 Å². The van der Waals surface area contributed by atoms with Gasteiger partial charge in [0.1, 0.15) is 0 Å². The van der Waals surface area contributed by atoms with Gasteiger partial charge in [0.2, 0.25) is 0 Å². The van der Waals surface area contributed by atoms with Crippen molar-refractivity contribution in [2.75, 3.05) is 16.5 Å². The highest BCUT2D eigenvalue weighted by Gasteiger charge is 2.36.